The Bertz CT molecular complexity index is 593. The van der Waals surface area contributed by atoms with Crippen LogP contribution < -0.4 is 5.73 Å². The molecule has 1 aromatic heterocycles. The van der Waals surface area contributed by atoms with Gasteiger partial charge in [-0.1, -0.05) is 18.2 Å². The molecule has 4 heteroatoms. The first kappa shape index (κ1) is 14.1. The Morgan fingerprint density at radius 3 is 2.55 bits per heavy atom. The number of amides is 1. The first-order valence-corrected chi connectivity index (χ1v) is 6.67. The zero-order valence-corrected chi connectivity index (χ0v) is 11.8. The summed E-state index contributed by atoms with van der Waals surface area (Å²) >= 11 is 0. The average molecular weight is 269 g/mol. The minimum atomic E-state index is -0.0394. The Kier molecular flexibility index (Phi) is 4.35. The van der Waals surface area contributed by atoms with Gasteiger partial charge in [0.15, 0.2) is 0 Å². The van der Waals surface area contributed by atoms with Crippen LogP contribution in [0.1, 0.15) is 28.5 Å². The van der Waals surface area contributed by atoms with Crippen LogP contribution in [0.15, 0.2) is 42.6 Å². The van der Waals surface area contributed by atoms with Gasteiger partial charge in [-0.3, -0.25) is 9.78 Å². The molecule has 0 unspecified atom stereocenters. The van der Waals surface area contributed by atoms with Gasteiger partial charge in [0.2, 0.25) is 0 Å². The predicted octanol–water partition coefficient (Wildman–Crippen LogP) is 2.63. The van der Waals surface area contributed by atoms with Crippen molar-refractivity contribution in [2.75, 3.05) is 12.3 Å². The second-order valence-electron chi connectivity index (χ2n) is 4.73. The van der Waals surface area contributed by atoms with Crippen LogP contribution in [0.2, 0.25) is 0 Å². The Morgan fingerprint density at radius 1 is 1.25 bits per heavy atom. The van der Waals surface area contributed by atoms with E-state index < -0.39 is 0 Å². The zero-order chi connectivity index (χ0) is 14.5. The highest BCUT2D eigenvalue weighted by molar-refractivity contribution is 5.93. The number of nitrogens with zero attached hydrogens (tertiary/aromatic N) is 2. The molecule has 0 bridgehead atoms. The molecule has 20 heavy (non-hydrogen) atoms. The fraction of sp³-hybridized carbons (Fsp3) is 0.250. The van der Waals surface area contributed by atoms with Crippen molar-refractivity contribution >= 4 is 11.6 Å². The van der Waals surface area contributed by atoms with Crippen LogP contribution in [-0.4, -0.2) is 22.3 Å². The molecule has 0 spiro atoms. The van der Waals surface area contributed by atoms with E-state index >= 15 is 0 Å². The lowest BCUT2D eigenvalue weighted by Crippen LogP contribution is -2.31. The van der Waals surface area contributed by atoms with E-state index in [1.165, 1.54) is 0 Å². The summed E-state index contributed by atoms with van der Waals surface area (Å²) in [4.78, 5) is 18.5. The van der Waals surface area contributed by atoms with Crippen molar-refractivity contribution < 1.29 is 4.79 Å². The standard InChI is InChI=1S/C16H19N3O/c1-3-19(11-13-6-8-14(17)9-7-13)16(20)15-12(2)5-4-10-18-15/h4-10H,3,11,17H2,1-2H3. The third-order valence-electron chi connectivity index (χ3n) is 3.23. The first-order valence-electron chi connectivity index (χ1n) is 6.67. The molecule has 1 amide bonds. The molecule has 0 saturated heterocycles. The number of nitrogens with two attached hydrogens (primary N) is 1. The zero-order valence-electron chi connectivity index (χ0n) is 11.8. The largest absolute Gasteiger partial charge is 0.399 e. The number of rotatable bonds is 4. The van der Waals surface area contributed by atoms with E-state index in [9.17, 15) is 4.79 Å². The number of hydrogen-bond acceptors (Lipinski definition) is 3. The lowest BCUT2D eigenvalue weighted by Gasteiger charge is -2.21. The van der Waals surface area contributed by atoms with Crippen LogP contribution in [0.3, 0.4) is 0 Å². The predicted molar refractivity (Wildman–Crippen MR) is 80.2 cm³/mol. The van der Waals surface area contributed by atoms with E-state index in [0.29, 0.717) is 18.8 Å². The van der Waals surface area contributed by atoms with Gasteiger partial charge < -0.3 is 10.6 Å². The van der Waals surface area contributed by atoms with Crippen LogP contribution in [0.4, 0.5) is 5.69 Å². The summed E-state index contributed by atoms with van der Waals surface area (Å²) in [5.74, 6) is -0.0394. The third-order valence-corrected chi connectivity index (χ3v) is 3.23. The molecular formula is C16H19N3O. The van der Waals surface area contributed by atoms with Gasteiger partial charge >= 0.3 is 0 Å². The smallest absolute Gasteiger partial charge is 0.273 e. The summed E-state index contributed by atoms with van der Waals surface area (Å²) < 4.78 is 0. The minimum absolute atomic E-state index is 0.0394. The van der Waals surface area contributed by atoms with E-state index in [0.717, 1.165) is 16.8 Å². The molecule has 0 aliphatic carbocycles. The second kappa shape index (κ2) is 6.19. The summed E-state index contributed by atoms with van der Waals surface area (Å²) in [6, 6.07) is 11.3. The van der Waals surface area contributed by atoms with Gasteiger partial charge in [0.1, 0.15) is 5.69 Å². The van der Waals surface area contributed by atoms with Crippen molar-refractivity contribution in [3.63, 3.8) is 0 Å². The first-order chi connectivity index (χ1) is 9.61. The lowest BCUT2D eigenvalue weighted by molar-refractivity contribution is 0.0746. The quantitative estimate of drug-likeness (QED) is 0.868. The van der Waals surface area contributed by atoms with Gasteiger partial charge in [0, 0.05) is 25.0 Å². The molecule has 104 valence electrons. The molecule has 0 fully saturated rings. The summed E-state index contributed by atoms with van der Waals surface area (Å²) in [5.41, 5.74) is 8.87. The molecule has 0 aliphatic heterocycles. The van der Waals surface area contributed by atoms with Crippen LogP contribution in [0, 0.1) is 6.92 Å². The number of hydrogen-bond donors (Lipinski definition) is 1. The van der Waals surface area contributed by atoms with E-state index in [4.69, 9.17) is 5.73 Å². The number of pyridine rings is 1. The van der Waals surface area contributed by atoms with Gasteiger partial charge in [0.25, 0.3) is 5.91 Å². The number of aromatic nitrogens is 1. The number of carbonyl (C=O) groups is 1. The fourth-order valence-corrected chi connectivity index (χ4v) is 2.03. The number of benzene rings is 1. The summed E-state index contributed by atoms with van der Waals surface area (Å²) in [6.45, 7) is 5.07. The van der Waals surface area contributed by atoms with E-state index in [-0.39, 0.29) is 5.91 Å². The maximum absolute atomic E-state index is 12.5. The number of anilines is 1. The molecule has 0 saturated carbocycles. The Labute approximate surface area is 119 Å². The maximum Gasteiger partial charge on any atom is 0.273 e. The van der Waals surface area contributed by atoms with Crippen molar-refractivity contribution in [3.8, 4) is 0 Å². The van der Waals surface area contributed by atoms with E-state index in [1.54, 1.807) is 11.1 Å². The van der Waals surface area contributed by atoms with Crippen LogP contribution in [0.25, 0.3) is 0 Å². The topological polar surface area (TPSA) is 59.2 Å². The molecule has 1 aromatic carbocycles. The van der Waals surface area contributed by atoms with Crippen LogP contribution >= 0.6 is 0 Å². The fourth-order valence-electron chi connectivity index (χ4n) is 2.03. The highest BCUT2D eigenvalue weighted by Gasteiger charge is 2.17. The van der Waals surface area contributed by atoms with Crippen molar-refractivity contribution in [1.82, 2.24) is 9.88 Å². The van der Waals surface area contributed by atoms with Crippen LogP contribution in [-0.2, 0) is 6.54 Å². The highest BCUT2D eigenvalue weighted by atomic mass is 16.2. The van der Waals surface area contributed by atoms with Gasteiger partial charge in [-0.2, -0.15) is 0 Å². The summed E-state index contributed by atoms with van der Waals surface area (Å²) in [6.07, 6.45) is 1.65. The van der Waals surface area contributed by atoms with Gasteiger partial charge in [0.05, 0.1) is 0 Å². The molecule has 1 heterocycles. The molecular weight excluding hydrogens is 250 g/mol. The highest BCUT2D eigenvalue weighted by Crippen LogP contribution is 2.12. The molecule has 2 rings (SSSR count). The van der Waals surface area contributed by atoms with Crippen molar-refractivity contribution in [2.45, 2.75) is 20.4 Å². The molecule has 0 aliphatic rings. The molecule has 4 nitrogen and oxygen atoms in total. The number of carbonyl (C=O) groups excluding carboxylic acids is 1. The maximum atomic E-state index is 12.5. The third kappa shape index (κ3) is 3.15. The number of aryl methyl sites for hydroxylation is 1. The average Bonchev–Trinajstić information content (AvgIpc) is 2.46. The number of nitrogen functional groups attached to an aromatic ring is 1. The Morgan fingerprint density at radius 2 is 1.95 bits per heavy atom. The SMILES string of the molecule is CCN(Cc1ccc(N)cc1)C(=O)c1ncccc1C. The lowest BCUT2D eigenvalue weighted by atomic mass is 10.1. The molecule has 0 atom stereocenters. The monoisotopic (exact) mass is 269 g/mol. The Hall–Kier alpha value is -2.36. The van der Waals surface area contributed by atoms with Crippen molar-refractivity contribution in [2.24, 2.45) is 0 Å². The Balaban J connectivity index is 2.18. The van der Waals surface area contributed by atoms with Crippen LogP contribution in [0.5, 0.6) is 0 Å². The normalized spacial score (nSPS) is 10.3. The van der Waals surface area contributed by atoms with Crippen molar-refractivity contribution in [3.05, 3.63) is 59.4 Å². The molecule has 2 aromatic rings. The second-order valence-corrected chi connectivity index (χ2v) is 4.73. The molecule has 0 radical (unpaired) electrons. The van der Waals surface area contributed by atoms with Crippen molar-refractivity contribution in [1.29, 1.82) is 0 Å². The minimum Gasteiger partial charge on any atom is -0.399 e. The van der Waals surface area contributed by atoms with Gasteiger partial charge in [-0.05, 0) is 43.2 Å². The van der Waals surface area contributed by atoms with Gasteiger partial charge in [-0.25, -0.2) is 0 Å². The van der Waals surface area contributed by atoms with E-state index in [1.807, 2.05) is 50.2 Å². The van der Waals surface area contributed by atoms with E-state index in [2.05, 4.69) is 4.98 Å². The molecule has 2 N–H and O–H groups in total. The summed E-state index contributed by atoms with van der Waals surface area (Å²) in [7, 11) is 0. The summed E-state index contributed by atoms with van der Waals surface area (Å²) in [5, 5.41) is 0. The van der Waals surface area contributed by atoms with Gasteiger partial charge in [-0.15, -0.1) is 0 Å².